The smallest absolute Gasteiger partial charge is 0.197 e. The van der Waals surface area contributed by atoms with Crippen molar-refractivity contribution >= 4 is 0 Å². The number of rotatable bonds is 0. The first-order valence-electron chi connectivity index (χ1n) is 5.66. The molecule has 0 fully saturated rings. The van der Waals surface area contributed by atoms with Crippen molar-refractivity contribution in [3.63, 3.8) is 0 Å². The Hall–Kier alpha value is -1.58. The van der Waals surface area contributed by atoms with Crippen LogP contribution in [0.5, 0.6) is 0 Å². The first kappa shape index (κ1) is 11.5. The zero-order valence-electron chi connectivity index (χ0n) is 9.82. The van der Waals surface area contributed by atoms with Gasteiger partial charge in [-0.3, -0.25) is 0 Å². The Morgan fingerprint density at radius 2 is 1.17 bits per heavy atom. The van der Waals surface area contributed by atoms with Gasteiger partial charge in [-0.2, -0.15) is 0 Å². The molecule has 18 heavy (non-hydrogen) atoms. The quantitative estimate of drug-likeness (QED) is 0.280. The van der Waals surface area contributed by atoms with Gasteiger partial charge in [0.25, 0.3) is 0 Å². The number of hydrogen-bond donors (Lipinski definition) is 0. The number of benzene rings is 1. The van der Waals surface area contributed by atoms with Gasteiger partial charge in [-0.15, -0.1) is 0 Å². The summed E-state index contributed by atoms with van der Waals surface area (Å²) < 4.78 is 54.1. The Labute approximate surface area is 102 Å². The highest BCUT2D eigenvalue weighted by Crippen LogP contribution is 2.55. The van der Waals surface area contributed by atoms with Crippen LogP contribution < -0.4 is 0 Å². The molecular formula is C14H10F4. The molecule has 2 aliphatic carbocycles. The molecule has 0 aromatic heterocycles. The lowest BCUT2D eigenvalue weighted by atomic mass is 9.95. The molecule has 3 rings (SSSR count). The molecule has 0 unspecified atom stereocenters. The molecule has 94 valence electrons. The van der Waals surface area contributed by atoms with Gasteiger partial charge in [0, 0.05) is 23.0 Å². The summed E-state index contributed by atoms with van der Waals surface area (Å²) in [6.45, 7) is 3.66. The minimum Gasteiger partial charge on any atom is -0.203 e. The van der Waals surface area contributed by atoms with E-state index >= 15 is 0 Å². The molecule has 0 amide bonds. The summed E-state index contributed by atoms with van der Waals surface area (Å²) in [5, 5.41) is 0. The molecular weight excluding hydrogens is 244 g/mol. The van der Waals surface area contributed by atoms with Gasteiger partial charge in [-0.1, -0.05) is 17.7 Å². The van der Waals surface area contributed by atoms with E-state index in [1.165, 1.54) is 0 Å². The maximum Gasteiger partial charge on any atom is 0.197 e. The van der Waals surface area contributed by atoms with Gasteiger partial charge in [-0.05, 0) is 19.4 Å². The molecule has 0 aliphatic heterocycles. The van der Waals surface area contributed by atoms with Crippen LogP contribution in [0.25, 0.3) is 0 Å². The summed E-state index contributed by atoms with van der Waals surface area (Å²) in [4.78, 5) is 0. The van der Waals surface area contributed by atoms with Crippen LogP contribution in [0.4, 0.5) is 17.6 Å². The molecule has 0 saturated carbocycles. The fourth-order valence-corrected chi connectivity index (χ4v) is 3.02. The SMILES string of the molecule is CC(C)=C1[C@@H]2C=C[C@@H]1c1c(F)c(F)c(F)c(F)c12. The number of allylic oxidation sites excluding steroid dienone is 4. The van der Waals surface area contributed by atoms with Gasteiger partial charge in [0.15, 0.2) is 23.3 Å². The molecule has 2 bridgehead atoms. The molecule has 0 saturated heterocycles. The van der Waals surface area contributed by atoms with Crippen LogP contribution in [-0.4, -0.2) is 0 Å². The molecule has 2 aliphatic rings. The summed E-state index contributed by atoms with van der Waals surface area (Å²) in [7, 11) is 0. The second-order valence-corrected chi connectivity index (χ2v) is 4.88. The average Bonchev–Trinajstić information content (AvgIpc) is 2.88. The molecule has 1 aromatic rings. The summed E-state index contributed by atoms with van der Waals surface area (Å²) in [5.41, 5.74) is 1.66. The summed E-state index contributed by atoms with van der Waals surface area (Å²) >= 11 is 0. The monoisotopic (exact) mass is 254 g/mol. The normalized spacial score (nSPS) is 23.8. The maximum absolute atomic E-state index is 13.8. The first-order chi connectivity index (χ1) is 8.45. The van der Waals surface area contributed by atoms with E-state index in [1.807, 2.05) is 13.8 Å². The van der Waals surface area contributed by atoms with E-state index < -0.39 is 35.1 Å². The highest BCUT2D eigenvalue weighted by Gasteiger charge is 2.44. The van der Waals surface area contributed by atoms with E-state index in [2.05, 4.69) is 0 Å². The van der Waals surface area contributed by atoms with Crippen LogP contribution >= 0.6 is 0 Å². The lowest BCUT2D eigenvalue weighted by molar-refractivity contribution is 0.400. The van der Waals surface area contributed by atoms with E-state index in [4.69, 9.17) is 0 Å². The van der Waals surface area contributed by atoms with E-state index in [0.29, 0.717) is 0 Å². The molecule has 1 aromatic carbocycles. The summed E-state index contributed by atoms with van der Waals surface area (Å²) in [6, 6.07) is 0. The third-order valence-corrected chi connectivity index (χ3v) is 3.71. The number of hydrogen-bond acceptors (Lipinski definition) is 0. The minimum absolute atomic E-state index is 0.0462. The summed E-state index contributed by atoms with van der Waals surface area (Å²) in [6.07, 6.45) is 3.43. The first-order valence-corrected chi connectivity index (χ1v) is 5.66. The van der Waals surface area contributed by atoms with Gasteiger partial charge >= 0.3 is 0 Å². The molecule has 0 heterocycles. The van der Waals surface area contributed by atoms with E-state index in [-0.39, 0.29) is 11.1 Å². The van der Waals surface area contributed by atoms with Crippen molar-refractivity contribution in [1.29, 1.82) is 0 Å². The Morgan fingerprint density at radius 3 is 1.50 bits per heavy atom. The van der Waals surface area contributed by atoms with Crippen molar-refractivity contribution in [1.82, 2.24) is 0 Å². The molecule has 0 spiro atoms. The fraction of sp³-hybridized carbons (Fsp3) is 0.286. The Morgan fingerprint density at radius 1 is 0.778 bits per heavy atom. The number of fused-ring (bicyclic) bond motifs is 5. The predicted octanol–water partition coefficient (Wildman–Crippen LogP) is 4.33. The third kappa shape index (κ3) is 1.15. The van der Waals surface area contributed by atoms with Crippen molar-refractivity contribution in [2.45, 2.75) is 25.7 Å². The Bertz CT molecular complexity index is 574. The second kappa shape index (κ2) is 3.46. The Balaban J connectivity index is 2.38. The maximum atomic E-state index is 13.8. The highest BCUT2D eigenvalue weighted by molar-refractivity contribution is 5.61. The Kier molecular flexibility index (Phi) is 2.22. The zero-order chi connectivity index (χ0) is 13.2. The van der Waals surface area contributed by atoms with Gasteiger partial charge < -0.3 is 0 Å². The standard InChI is InChI=1S/C14H10F4/c1-5(2)8-6-3-4-7(8)10-9(6)11(15)13(17)14(18)12(10)16/h3-4,6-7H,1-2H3/t6-,7-/m0/s1. The molecule has 0 nitrogen and oxygen atoms in total. The topological polar surface area (TPSA) is 0 Å². The molecule has 4 heteroatoms. The van der Waals surface area contributed by atoms with Crippen molar-refractivity contribution < 1.29 is 17.6 Å². The van der Waals surface area contributed by atoms with Crippen molar-refractivity contribution in [3.05, 3.63) is 57.7 Å². The van der Waals surface area contributed by atoms with Crippen LogP contribution in [0.15, 0.2) is 23.3 Å². The van der Waals surface area contributed by atoms with E-state index in [9.17, 15) is 17.6 Å². The fourth-order valence-electron chi connectivity index (χ4n) is 3.02. The van der Waals surface area contributed by atoms with Crippen molar-refractivity contribution in [3.8, 4) is 0 Å². The van der Waals surface area contributed by atoms with Crippen LogP contribution in [0.1, 0.15) is 36.8 Å². The second-order valence-electron chi connectivity index (χ2n) is 4.88. The van der Waals surface area contributed by atoms with Crippen molar-refractivity contribution in [2.24, 2.45) is 0 Å². The third-order valence-electron chi connectivity index (χ3n) is 3.71. The molecule has 0 N–H and O–H groups in total. The van der Waals surface area contributed by atoms with E-state index in [0.717, 1.165) is 11.1 Å². The molecule has 2 atom stereocenters. The lowest BCUT2D eigenvalue weighted by Crippen LogP contribution is -2.07. The minimum atomic E-state index is -1.72. The zero-order valence-corrected chi connectivity index (χ0v) is 9.82. The molecule has 0 radical (unpaired) electrons. The predicted molar refractivity (Wildman–Crippen MR) is 59.3 cm³/mol. The van der Waals surface area contributed by atoms with Crippen LogP contribution in [0.3, 0.4) is 0 Å². The lowest BCUT2D eigenvalue weighted by Gasteiger charge is -2.12. The van der Waals surface area contributed by atoms with E-state index in [1.54, 1.807) is 12.2 Å². The number of halogens is 4. The van der Waals surface area contributed by atoms with Gasteiger partial charge in [0.2, 0.25) is 0 Å². The highest BCUT2D eigenvalue weighted by atomic mass is 19.2. The van der Waals surface area contributed by atoms with Gasteiger partial charge in [0.05, 0.1) is 0 Å². The van der Waals surface area contributed by atoms with Gasteiger partial charge in [-0.25, -0.2) is 17.6 Å². The van der Waals surface area contributed by atoms with Crippen LogP contribution in [-0.2, 0) is 0 Å². The van der Waals surface area contributed by atoms with Crippen molar-refractivity contribution in [2.75, 3.05) is 0 Å². The largest absolute Gasteiger partial charge is 0.203 e. The average molecular weight is 254 g/mol. The van der Waals surface area contributed by atoms with Crippen LogP contribution in [0.2, 0.25) is 0 Å². The van der Waals surface area contributed by atoms with Gasteiger partial charge in [0.1, 0.15) is 0 Å². The summed E-state index contributed by atoms with van der Waals surface area (Å²) in [5.74, 6) is -6.89. The van der Waals surface area contributed by atoms with Crippen LogP contribution in [0, 0.1) is 23.3 Å².